The molecule has 6 heteroatoms. The van der Waals surface area contributed by atoms with E-state index in [4.69, 9.17) is 20.8 Å². The summed E-state index contributed by atoms with van der Waals surface area (Å²) in [4.78, 5) is 16.6. The van der Waals surface area contributed by atoms with Crippen molar-refractivity contribution in [3.8, 4) is 17.2 Å². The molecular formula is C21H15ClN2O3. The van der Waals surface area contributed by atoms with Crippen LogP contribution in [0.1, 0.15) is 0 Å². The number of para-hydroxylation sites is 3. The van der Waals surface area contributed by atoms with Crippen LogP contribution in [-0.4, -0.2) is 17.5 Å². The summed E-state index contributed by atoms with van der Waals surface area (Å²) in [6.45, 7) is -0.0924. The number of nitrogens with zero attached hydrogens (tertiary/aromatic N) is 1. The number of rotatable bonds is 5. The smallest absolute Gasteiger partial charge is 0.262 e. The molecule has 0 unspecified atom stereocenters. The molecule has 1 amide bonds. The van der Waals surface area contributed by atoms with Gasteiger partial charge in [-0.3, -0.25) is 4.79 Å². The van der Waals surface area contributed by atoms with Crippen molar-refractivity contribution < 1.29 is 13.9 Å². The summed E-state index contributed by atoms with van der Waals surface area (Å²) >= 11 is 6.30. The van der Waals surface area contributed by atoms with E-state index in [0.29, 0.717) is 33.5 Å². The van der Waals surface area contributed by atoms with Crippen molar-refractivity contribution in [2.24, 2.45) is 0 Å². The van der Waals surface area contributed by atoms with Gasteiger partial charge >= 0.3 is 0 Å². The highest BCUT2D eigenvalue weighted by Crippen LogP contribution is 2.32. The molecule has 27 heavy (non-hydrogen) atoms. The summed E-state index contributed by atoms with van der Waals surface area (Å²) in [5, 5.41) is 3.28. The van der Waals surface area contributed by atoms with Crippen LogP contribution in [0.25, 0.3) is 22.6 Å². The van der Waals surface area contributed by atoms with E-state index >= 15 is 0 Å². The summed E-state index contributed by atoms with van der Waals surface area (Å²) < 4.78 is 11.2. The fraction of sp³-hybridized carbons (Fsp3) is 0.0476. The van der Waals surface area contributed by atoms with E-state index in [1.807, 2.05) is 42.5 Å². The van der Waals surface area contributed by atoms with Crippen molar-refractivity contribution in [3.05, 3.63) is 77.8 Å². The van der Waals surface area contributed by atoms with Crippen LogP contribution < -0.4 is 10.1 Å². The van der Waals surface area contributed by atoms with Gasteiger partial charge in [-0.25, -0.2) is 4.98 Å². The lowest BCUT2D eigenvalue weighted by Gasteiger charge is -2.09. The average Bonchev–Trinajstić information content (AvgIpc) is 3.13. The van der Waals surface area contributed by atoms with E-state index < -0.39 is 0 Å². The molecule has 0 aliphatic carbocycles. The Balaban J connectivity index is 1.51. The zero-order chi connectivity index (χ0) is 18.6. The Bertz CT molecular complexity index is 1060. The van der Waals surface area contributed by atoms with E-state index in [-0.39, 0.29) is 12.5 Å². The number of hydrogen-bond acceptors (Lipinski definition) is 4. The molecule has 0 radical (unpaired) electrons. The molecule has 0 bridgehead atoms. The molecule has 0 saturated heterocycles. The molecule has 0 aliphatic heterocycles. The number of anilines is 1. The van der Waals surface area contributed by atoms with Gasteiger partial charge in [0.1, 0.15) is 11.3 Å². The normalized spacial score (nSPS) is 10.7. The van der Waals surface area contributed by atoms with Gasteiger partial charge < -0.3 is 14.5 Å². The molecule has 5 nitrogen and oxygen atoms in total. The third kappa shape index (κ3) is 3.93. The highest BCUT2D eigenvalue weighted by molar-refractivity contribution is 6.33. The summed E-state index contributed by atoms with van der Waals surface area (Å²) in [5.41, 5.74) is 2.61. The van der Waals surface area contributed by atoms with Gasteiger partial charge in [0.15, 0.2) is 12.2 Å². The van der Waals surface area contributed by atoms with Gasteiger partial charge in [-0.15, -0.1) is 0 Å². The lowest BCUT2D eigenvalue weighted by molar-refractivity contribution is -0.118. The van der Waals surface area contributed by atoms with E-state index in [9.17, 15) is 4.79 Å². The molecule has 0 atom stereocenters. The van der Waals surface area contributed by atoms with Crippen LogP contribution >= 0.6 is 11.6 Å². The molecule has 0 aliphatic rings. The van der Waals surface area contributed by atoms with Crippen LogP contribution in [0.15, 0.2) is 77.2 Å². The largest absolute Gasteiger partial charge is 0.484 e. The number of benzene rings is 3. The lowest BCUT2D eigenvalue weighted by Crippen LogP contribution is -2.20. The SMILES string of the molecule is O=C(COc1ccccc1)Nc1ccc(Cl)c(-c2nc3ccccc3o2)c1. The monoisotopic (exact) mass is 378 g/mol. The maximum atomic E-state index is 12.2. The third-order valence-electron chi connectivity index (χ3n) is 3.89. The van der Waals surface area contributed by atoms with E-state index in [2.05, 4.69) is 10.3 Å². The molecule has 4 aromatic rings. The van der Waals surface area contributed by atoms with Crippen molar-refractivity contribution in [2.45, 2.75) is 0 Å². The molecule has 1 aromatic heterocycles. The first-order valence-corrected chi connectivity index (χ1v) is 8.70. The zero-order valence-corrected chi connectivity index (χ0v) is 14.9. The highest BCUT2D eigenvalue weighted by Gasteiger charge is 2.13. The fourth-order valence-corrected chi connectivity index (χ4v) is 2.82. The Hall–Kier alpha value is -3.31. The van der Waals surface area contributed by atoms with Crippen molar-refractivity contribution in [3.63, 3.8) is 0 Å². The number of hydrogen-bond donors (Lipinski definition) is 1. The topological polar surface area (TPSA) is 64.4 Å². The Morgan fingerprint density at radius 2 is 1.81 bits per heavy atom. The second-order valence-corrected chi connectivity index (χ2v) is 6.24. The van der Waals surface area contributed by atoms with Gasteiger partial charge in [-0.1, -0.05) is 41.9 Å². The molecule has 0 fully saturated rings. The Morgan fingerprint density at radius 3 is 2.63 bits per heavy atom. The van der Waals surface area contributed by atoms with E-state index in [0.717, 1.165) is 5.52 Å². The molecule has 4 rings (SSSR count). The number of amides is 1. The third-order valence-corrected chi connectivity index (χ3v) is 4.22. The number of carbonyl (C=O) groups is 1. The van der Waals surface area contributed by atoms with Crippen molar-refractivity contribution in [1.29, 1.82) is 0 Å². The van der Waals surface area contributed by atoms with Gasteiger partial charge in [0, 0.05) is 5.69 Å². The Labute approximate surface area is 160 Å². The minimum atomic E-state index is -0.273. The molecule has 0 saturated carbocycles. The lowest BCUT2D eigenvalue weighted by atomic mass is 10.2. The summed E-state index contributed by atoms with van der Waals surface area (Å²) in [6, 6.07) is 21.8. The quantitative estimate of drug-likeness (QED) is 0.520. The molecular weight excluding hydrogens is 364 g/mol. The number of nitrogens with one attached hydrogen (secondary N) is 1. The number of carbonyl (C=O) groups excluding carboxylic acids is 1. The fourth-order valence-electron chi connectivity index (χ4n) is 2.62. The summed E-state index contributed by atoms with van der Waals surface area (Å²) in [5.74, 6) is 0.762. The maximum absolute atomic E-state index is 12.2. The minimum Gasteiger partial charge on any atom is -0.484 e. The Morgan fingerprint density at radius 1 is 1.04 bits per heavy atom. The van der Waals surface area contributed by atoms with Gasteiger partial charge in [0.05, 0.1) is 10.6 Å². The molecule has 1 N–H and O–H groups in total. The standard InChI is InChI=1S/C21H15ClN2O3/c22-17-11-10-14(23-20(25)13-26-15-6-2-1-3-7-15)12-16(17)21-24-18-8-4-5-9-19(18)27-21/h1-12H,13H2,(H,23,25). The van der Waals surface area contributed by atoms with Crippen molar-refractivity contribution in [1.82, 2.24) is 4.98 Å². The molecule has 3 aromatic carbocycles. The van der Waals surface area contributed by atoms with Crippen LogP contribution in [0.3, 0.4) is 0 Å². The van der Waals surface area contributed by atoms with Crippen molar-refractivity contribution >= 4 is 34.3 Å². The van der Waals surface area contributed by atoms with Crippen LogP contribution in [0.4, 0.5) is 5.69 Å². The number of fused-ring (bicyclic) bond motifs is 1. The summed E-state index contributed by atoms with van der Waals surface area (Å²) in [6.07, 6.45) is 0. The molecule has 1 heterocycles. The maximum Gasteiger partial charge on any atom is 0.262 e. The van der Waals surface area contributed by atoms with Crippen molar-refractivity contribution in [2.75, 3.05) is 11.9 Å². The first-order chi connectivity index (χ1) is 13.2. The minimum absolute atomic E-state index is 0.0924. The first kappa shape index (κ1) is 17.1. The number of halogens is 1. The first-order valence-electron chi connectivity index (χ1n) is 8.32. The second kappa shape index (κ2) is 7.51. The zero-order valence-electron chi connectivity index (χ0n) is 14.2. The summed E-state index contributed by atoms with van der Waals surface area (Å²) in [7, 11) is 0. The second-order valence-electron chi connectivity index (χ2n) is 5.83. The highest BCUT2D eigenvalue weighted by atomic mass is 35.5. The number of oxazole rings is 1. The molecule has 134 valence electrons. The van der Waals surface area contributed by atoms with Gasteiger partial charge in [0.2, 0.25) is 5.89 Å². The van der Waals surface area contributed by atoms with Gasteiger partial charge in [0.25, 0.3) is 5.91 Å². The average molecular weight is 379 g/mol. The number of aromatic nitrogens is 1. The Kier molecular flexibility index (Phi) is 4.77. The van der Waals surface area contributed by atoms with Crippen LogP contribution in [0.5, 0.6) is 5.75 Å². The van der Waals surface area contributed by atoms with Crippen LogP contribution in [-0.2, 0) is 4.79 Å². The van der Waals surface area contributed by atoms with E-state index in [1.54, 1.807) is 30.3 Å². The predicted octanol–water partition coefficient (Wildman–Crippen LogP) is 5.17. The van der Waals surface area contributed by atoms with Crippen LogP contribution in [0.2, 0.25) is 5.02 Å². The van der Waals surface area contributed by atoms with Gasteiger partial charge in [-0.05, 0) is 42.5 Å². The molecule has 0 spiro atoms. The predicted molar refractivity (Wildman–Crippen MR) is 105 cm³/mol. The van der Waals surface area contributed by atoms with Crippen LogP contribution in [0, 0.1) is 0 Å². The van der Waals surface area contributed by atoms with E-state index in [1.165, 1.54) is 0 Å². The van der Waals surface area contributed by atoms with Gasteiger partial charge in [-0.2, -0.15) is 0 Å². The number of ether oxygens (including phenoxy) is 1.